The summed E-state index contributed by atoms with van der Waals surface area (Å²) in [6, 6.07) is 13.0. The maximum absolute atomic E-state index is 11.9. The van der Waals surface area contributed by atoms with Gasteiger partial charge in [-0.05, 0) is 56.7 Å². The minimum atomic E-state index is -1.34. The summed E-state index contributed by atoms with van der Waals surface area (Å²) in [7, 11) is 0. The highest BCUT2D eigenvalue weighted by Crippen LogP contribution is 2.32. The van der Waals surface area contributed by atoms with Gasteiger partial charge >= 0.3 is 0 Å². The van der Waals surface area contributed by atoms with Gasteiger partial charge in [-0.1, -0.05) is 24.3 Å². The molecule has 6 nitrogen and oxygen atoms in total. The van der Waals surface area contributed by atoms with Crippen molar-refractivity contribution in [1.29, 1.82) is 0 Å². The maximum atomic E-state index is 11.9. The molecule has 6 heteroatoms. The maximum Gasteiger partial charge on any atom is 0.263 e. The van der Waals surface area contributed by atoms with Gasteiger partial charge in [0, 0.05) is 29.8 Å². The lowest BCUT2D eigenvalue weighted by Crippen LogP contribution is -2.41. The summed E-state index contributed by atoms with van der Waals surface area (Å²) in [5.41, 5.74) is 1.20. The van der Waals surface area contributed by atoms with Crippen LogP contribution in [0.25, 0.3) is 0 Å². The normalized spacial score (nSPS) is 13.2. The van der Waals surface area contributed by atoms with Crippen molar-refractivity contribution in [2.75, 3.05) is 6.54 Å². The van der Waals surface area contributed by atoms with E-state index in [-0.39, 0.29) is 11.5 Å². The average Bonchev–Trinajstić information content (AvgIpc) is 2.63. The number of aryl methyl sites for hydroxylation is 2. The Balaban J connectivity index is 2.33. The number of hydrogen-bond acceptors (Lipinski definition) is 5. The summed E-state index contributed by atoms with van der Waals surface area (Å²) in [6.07, 6.45) is 3.05. The summed E-state index contributed by atoms with van der Waals surface area (Å²) < 4.78 is 5.86. The van der Waals surface area contributed by atoms with Crippen molar-refractivity contribution >= 4 is 6.21 Å². The van der Waals surface area contributed by atoms with Gasteiger partial charge in [0.1, 0.15) is 18.0 Å². The average molecular weight is 367 g/mol. The fraction of sp³-hybridized carbons (Fsp3) is 0.286. The summed E-state index contributed by atoms with van der Waals surface area (Å²) >= 11 is 0. The fourth-order valence-corrected chi connectivity index (χ4v) is 2.90. The van der Waals surface area contributed by atoms with Crippen LogP contribution in [0.3, 0.4) is 0 Å². The number of nitrogens with zero attached hydrogens (tertiary/aromatic N) is 3. The van der Waals surface area contributed by atoms with Crippen molar-refractivity contribution in [2.24, 2.45) is 5.10 Å². The lowest BCUT2D eigenvalue weighted by molar-refractivity contribution is -0.574. The highest BCUT2D eigenvalue weighted by atomic mass is 16.6. The third kappa shape index (κ3) is 4.73. The minimum Gasteiger partial charge on any atom is -0.457 e. The largest absolute Gasteiger partial charge is 0.457 e. The van der Waals surface area contributed by atoms with Gasteiger partial charge in [0.15, 0.2) is 0 Å². The lowest BCUT2D eigenvalue weighted by atomic mass is 9.88. The second kappa shape index (κ2) is 8.49. The van der Waals surface area contributed by atoms with E-state index in [4.69, 9.17) is 4.74 Å². The van der Waals surface area contributed by atoms with Crippen LogP contribution < -0.4 is 4.74 Å². The van der Waals surface area contributed by atoms with Crippen LogP contribution in [-0.4, -0.2) is 22.7 Å². The molecule has 0 bridgehead atoms. The molecule has 0 aliphatic rings. The van der Waals surface area contributed by atoms with Crippen LogP contribution in [0.2, 0.25) is 0 Å². The Morgan fingerprint density at radius 1 is 1.22 bits per heavy atom. The van der Waals surface area contributed by atoms with Crippen LogP contribution >= 0.6 is 0 Å². The lowest BCUT2D eigenvalue weighted by Gasteiger charge is -2.27. The van der Waals surface area contributed by atoms with Crippen molar-refractivity contribution < 1.29 is 9.66 Å². The van der Waals surface area contributed by atoms with Crippen molar-refractivity contribution in [3.63, 3.8) is 0 Å². The second-order valence-electron chi connectivity index (χ2n) is 6.58. The van der Waals surface area contributed by atoms with Crippen LogP contribution in [0.4, 0.5) is 0 Å². The van der Waals surface area contributed by atoms with Gasteiger partial charge < -0.3 is 4.74 Å². The van der Waals surface area contributed by atoms with E-state index < -0.39 is 5.54 Å². The molecule has 2 aromatic carbocycles. The number of hydrazone groups is 1. The van der Waals surface area contributed by atoms with Gasteiger partial charge in [0.2, 0.25) is 0 Å². The topological polar surface area (TPSA) is 68.0 Å². The Labute approximate surface area is 159 Å². The molecule has 0 saturated heterocycles. The predicted molar refractivity (Wildman–Crippen MR) is 108 cm³/mol. The van der Waals surface area contributed by atoms with Crippen LogP contribution in [-0.2, 0) is 5.54 Å². The molecule has 0 aliphatic heterocycles. The first-order valence-electron chi connectivity index (χ1n) is 8.68. The Bertz CT molecular complexity index is 846. The molecule has 1 unspecified atom stereocenters. The zero-order valence-corrected chi connectivity index (χ0v) is 16.2. The molecule has 2 rings (SSSR count). The van der Waals surface area contributed by atoms with E-state index in [1.807, 2.05) is 44.2 Å². The summed E-state index contributed by atoms with van der Waals surface area (Å²) in [5, 5.41) is 17.5. The molecule has 0 amide bonds. The van der Waals surface area contributed by atoms with Gasteiger partial charge in [-0.3, -0.25) is 15.1 Å². The molecule has 0 N–H and O–H groups in total. The number of hydrogen-bond donors (Lipinski definition) is 0. The Morgan fingerprint density at radius 2 is 1.85 bits per heavy atom. The summed E-state index contributed by atoms with van der Waals surface area (Å²) in [4.78, 5) is 11.6. The van der Waals surface area contributed by atoms with Crippen LogP contribution in [0.5, 0.6) is 11.5 Å². The smallest absolute Gasteiger partial charge is 0.263 e. The second-order valence-corrected chi connectivity index (χ2v) is 6.58. The van der Waals surface area contributed by atoms with E-state index >= 15 is 0 Å². The Kier molecular flexibility index (Phi) is 6.34. The summed E-state index contributed by atoms with van der Waals surface area (Å²) in [6.45, 7) is 11.0. The van der Waals surface area contributed by atoms with Crippen molar-refractivity contribution in [3.05, 3.63) is 82.0 Å². The van der Waals surface area contributed by atoms with E-state index in [0.717, 1.165) is 16.9 Å². The van der Waals surface area contributed by atoms with Crippen molar-refractivity contribution in [3.8, 4) is 11.5 Å². The van der Waals surface area contributed by atoms with Gasteiger partial charge in [0.25, 0.3) is 5.54 Å². The molecule has 1 atom stereocenters. The minimum absolute atomic E-state index is 0.0762. The first-order valence-corrected chi connectivity index (χ1v) is 8.68. The molecule has 0 spiro atoms. The first kappa shape index (κ1) is 20.2. The van der Waals surface area contributed by atoms with Gasteiger partial charge in [0.05, 0.1) is 0 Å². The predicted octanol–water partition coefficient (Wildman–Crippen LogP) is 5.04. The molecule has 0 aliphatic carbocycles. The first-order chi connectivity index (χ1) is 12.8. The van der Waals surface area contributed by atoms with E-state index in [0.29, 0.717) is 11.3 Å². The van der Waals surface area contributed by atoms with E-state index in [9.17, 15) is 10.1 Å². The highest BCUT2D eigenvalue weighted by molar-refractivity contribution is 5.52. The molecule has 142 valence electrons. The molecule has 0 aromatic heterocycles. The number of rotatable bonds is 8. The standard InChI is InChI=1S/C21H25N3O3/c1-6-22-23(7-2)15-21(5,24(25)26)20-13-12-19(14-17(20)4)27-18-10-8-16(3)9-11-18/h6-14H,2,15H2,1,3-5H3/b22-6-. The molecular weight excluding hydrogens is 342 g/mol. The Morgan fingerprint density at radius 3 is 2.37 bits per heavy atom. The van der Waals surface area contributed by atoms with Crippen molar-refractivity contribution in [2.45, 2.75) is 33.2 Å². The SMILES string of the molecule is C=CN(CC(C)(c1ccc(Oc2ccc(C)cc2)cc1C)[N+](=O)[O-])/N=C\C. The molecule has 0 heterocycles. The number of nitro groups is 1. The molecule has 2 aromatic rings. The molecule has 0 radical (unpaired) electrons. The van der Waals surface area contributed by atoms with Crippen LogP contribution in [0.1, 0.15) is 30.5 Å². The van der Waals surface area contributed by atoms with E-state index in [1.165, 1.54) is 11.2 Å². The zero-order chi connectivity index (χ0) is 20.0. The number of ether oxygens (including phenoxy) is 1. The van der Waals surface area contributed by atoms with E-state index in [2.05, 4.69) is 11.7 Å². The van der Waals surface area contributed by atoms with Crippen LogP contribution in [0.15, 0.2) is 60.3 Å². The van der Waals surface area contributed by atoms with Gasteiger partial charge in [-0.25, -0.2) is 0 Å². The van der Waals surface area contributed by atoms with Gasteiger partial charge in [-0.15, -0.1) is 0 Å². The molecule has 0 fully saturated rings. The zero-order valence-electron chi connectivity index (χ0n) is 16.2. The third-order valence-corrected chi connectivity index (χ3v) is 4.38. The monoisotopic (exact) mass is 367 g/mol. The molecule has 27 heavy (non-hydrogen) atoms. The summed E-state index contributed by atoms with van der Waals surface area (Å²) in [5.74, 6) is 1.36. The van der Waals surface area contributed by atoms with E-state index in [1.54, 1.807) is 32.2 Å². The Hall–Kier alpha value is -3.15. The molecular formula is C21H25N3O3. The highest BCUT2D eigenvalue weighted by Gasteiger charge is 2.42. The third-order valence-electron chi connectivity index (χ3n) is 4.38. The molecule has 0 saturated carbocycles. The van der Waals surface area contributed by atoms with Gasteiger partial charge in [-0.2, -0.15) is 5.10 Å². The quantitative estimate of drug-likeness (QED) is 0.372. The number of benzene rings is 2. The van der Waals surface area contributed by atoms with Crippen LogP contribution in [0, 0.1) is 24.0 Å². The fourth-order valence-electron chi connectivity index (χ4n) is 2.90. The van der Waals surface area contributed by atoms with Crippen molar-refractivity contribution in [1.82, 2.24) is 5.01 Å².